The van der Waals surface area contributed by atoms with E-state index >= 15 is 0 Å². The lowest BCUT2D eigenvalue weighted by Gasteiger charge is -2.20. The highest BCUT2D eigenvalue weighted by atomic mass is 16.3. The third kappa shape index (κ3) is 3.22. The molecule has 1 atom stereocenters. The first-order chi connectivity index (χ1) is 7.17. The van der Waals surface area contributed by atoms with Gasteiger partial charge in [-0.1, -0.05) is 13.8 Å². The standard InChI is InChI=1S/C11H15N3O/c1-8(2)11(7-15)14-10-4-3-9(5-12)13-6-10/h3-4,6,8,11,14-15H,7H2,1-2H3/t11-/m1/s1. The van der Waals surface area contributed by atoms with Gasteiger partial charge in [0.15, 0.2) is 0 Å². The van der Waals surface area contributed by atoms with Crippen LogP contribution < -0.4 is 5.32 Å². The van der Waals surface area contributed by atoms with Gasteiger partial charge in [0.25, 0.3) is 0 Å². The Balaban J connectivity index is 2.68. The highest BCUT2D eigenvalue weighted by Gasteiger charge is 2.11. The highest BCUT2D eigenvalue weighted by Crippen LogP contribution is 2.11. The first kappa shape index (κ1) is 11.5. The van der Waals surface area contributed by atoms with Crippen LogP contribution in [0.25, 0.3) is 0 Å². The summed E-state index contributed by atoms with van der Waals surface area (Å²) in [5.41, 5.74) is 1.22. The van der Waals surface area contributed by atoms with Crippen LogP contribution in [0, 0.1) is 17.2 Å². The molecule has 1 rings (SSSR count). The van der Waals surface area contributed by atoms with E-state index in [1.807, 2.05) is 19.9 Å². The van der Waals surface area contributed by atoms with E-state index in [2.05, 4.69) is 10.3 Å². The fraction of sp³-hybridized carbons (Fsp3) is 0.455. The minimum Gasteiger partial charge on any atom is -0.394 e. The molecule has 0 aromatic carbocycles. The van der Waals surface area contributed by atoms with Gasteiger partial charge in [-0.3, -0.25) is 0 Å². The largest absolute Gasteiger partial charge is 0.394 e. The second kappa shape index (κ2) is 5.32. The Hall–Kier alpha value is -1.60. The van der Waals surface area contributed by atoms with Crippen LogP contribution in [-0.2, 0) is 0 Å². The molecule has 0 radical (unpaired) electrons. The minimum atomic E-state index is 0.0136. The van der Waals surface area contributed by atoms with E-state index in [9.17, 15) is 0 Å². The summed E-state index contributed by atoms with van der Waals surface area (Å²) in [7, 11) is 0. The topological polar surface area (TPSA) is 68.9 Å². The Morgan fingerprint density at radius 1 is 1.53 bits per heavy atom. The van der Waals surface area contributed by atoms with E-state index in [1.165, 1.54) is 0 Å². The van der Waals surface area contributed by atoms with E-state index in [1.54, 1.807) is 18.3 Å². The number of rotatable bonds is 4. The van der Waals surface area contributed by atoms with Crippen molar-refractivity contribution in [1.29, 1.82) is 5.26 Å². The lowest BCUT2D eigenvalue weighted by Crippen LogP contribution is -2.29. The molecule has 0 amide bonds. The molecule has 1 aromatic rings. The molecule has 80 valence electrons. The summed E-state index contributed by atoms with van der Waals surface area (Å²) in [4.78, 5) is 3.94. The van der Waals surface area contributed by atoms with Crippen LogP contribution in [0.2, 0.25) is 0 Å². The Kier molecular flexibility index (Phi) is 4.07. The summed E-state index contributed by atoms with van der Waals surface area (Å²) < 4.78 is 0. The van der Waals surface area contributed by atoms with Gasteiger partial charge >= 0.3 is 0 Å². The number of pyridine rings is 1. The van der Waals surface area contributed by atoms with E-state index in [0.29, 0.717) is 11.6 Å². The molecule has 0 unspecified atom stereocenters. The summed E-state index contributed by atoms with van der Waals surface area (Å²) in [6.07, 6.45) is 1.60. The van der Waals surface area contributed by atoms with Gasteiger partial charge in [-0.15, -0.1) is 0 Å². The van der Waals surface area contributed by atoms with Gasteiger partial charge in [-0.2, -0.15) is 5.26 Å². The Morgan fingerprint density at radius 2 is 2.27 bits per heavy atom. The van der Waals surface area contributed by atoms with Crippen molar-refractivity contribution >= 4 is 5.69 Å². The zero-order chi connectivity index (χ0) is 11.3. The van der Waals surface area contributed by atoms with Crippen molar-refractivity contribution in [2.75, 3.05) is 11.9 Å². The minimum absolute atomic E-state index is 0.0136. The van der Waals surface area contributed by atoms with Gasteiger partial charge in [-0.25, -0.2) is 4.98 Å². The maximum absolute atomic E-state index is 9.12. The average Bonchev–Trinajstić information content (AvgIpc) is 2.26. The summed E-state index contributed by atoms with van der Waals surface area (Å²) in [5, 5.41) is 20.9. The number of anilines is 1. The molecule has 1 heterocycles. The Labute approximate surface area is 89.6 Å². The number of aliphatic hydroxyl groups is 1. The predicted molar refractivity (Wildman–Crippen MR) is 58.3 cm³/mol. The van der Waals surface area contributed by atoms with E-state index in [4.69, 9.17) is 10.4 Å². The van der Waals surface area contributed by atoms with Crippen LogP contribution in [0.3, 0.4) is 0 Å². The van der Waals surface area contributed by atoms with Crippen molar-refractivity contribution < 1.29 is 5.11 Å². The summed E-state index contributed by atoms with van der Waals surface area (Å²) >= 11 is 0. The lowest BCUT2D eigenvalue weighted by molar-refractivity contribution is 0.249. The van der Waals surface area contributed by atoms with Gasteiger partial charge in [0, 0.05) is 0 Å². The summed E-state index contributed by atoms with van der Waals surface area (Å²) in [5.74, 6) is 0.339. The second-order valence-corrected chi connectivity index (χ2v) is 3.72. The number of aliphatic hydroxyl groups excluding tert-OH is 1. The predicted octanol–water partition coefficient (Wildman–Crippen LogP) is 1.38. The zero-order valence-electron chi connectivity index (χ0n) is 8.94. The van der Waals surface area contributed by atoms with E-state index < -0.39 is 0 Å². The third-order valence-electron chi connectivity index (χ3n) is 2.23. The second-order valence-electron chi connectivity index (χ2n) is 3.72. The Morgan fingerprint density at radius 3 is 2.67 bits per heavy atom. The van der Waals surface area contributed by atoms with Crippen LogP contribution in [0.15, 0.2) is 18.3 Å². The monoisotopic (exact) mass is 205 g/mol. The number of hydrogen-bond donors (Lipinski definition) is 2. The van der Waals surface area contributed by atoms with Crippen molar-refractivity contribution in [3.05, 3.63) is 24.0 Å². The van der Waals surface area contributed by atoms with Crippen molar-refractivity contribution in [2.45, 2.75) is 19.9 Å². The number of hydrogen-bond acceptors (Lipinski definition) is 4. The van der Waals surface area contributed by atoms with E-state index in [0.717, 1.165) is 5.69 Å². The van der Waals surface area contributed by atoms with Crippen LogP contribution in [0.4, 0.5) is 5.69 Å². The quantitative estimate of drug-likeness (QED) is 0.779. The van der Waals surface area contributed by atoms with Crippen LogP contribution >= 0.6 is 0 Å². The van der Waals surface area contributed by atoms with Gasteiger partial charge in [0.2, 0.25) is 0 Å². The highest BCUT2D eigenvalue weighted by molar-refractivity contribution is 5.43. The average molecular weight is 205 g/mol. The van der Waals surface area contributed by atoms with Crippen LogP contribution in [-0.4, -0.2) is 22.7 Å². The maximum Gasteiger partial charge on any atom is 0.140 e. The number of nitrogens with zero attached hydrogens (tertiary/aromatic N) is 2. The van der Waals surface area contributed by atoms with Crippen molar-refractivity contribution in [1.82, 2.24) is 4.98 Å². The van der Waals surface area contributed by atoms with Crippen molar-refractivity contribution in [3.63, 3.8) is 0 Å². The normalized spacial score (nSPS) is 12.2. The molecule has 0 spiro atoms. The van der Waals surface area contributed by atoms with Gasteiger partial charge < -0.3 is 10.4 Å². The molecule has 4 heteroatoms. The molecule has 4 nitrogen and oxygen atoms in total. The van der Waals surface area contributed by atoms with Gasteiger partial charge in [0.1, 0.15) is 11.8 Å². The molecular formula is C11H15N3O. The molecule has 0 aliphatic rings. The van der Waals surface area contributed by atoms with Crippen LogP contribution in [0.5, 0.6) is 0 Å². The fourth-order valence-electron chi connectivity index (χ4n) is 1.18. The van der Waals surface area contributed by atoms with Gasteiger partial charge in [-0.05, 0) is 18.1 Å². The zero-order valence-corrected chi connectivity index (χ0v) is 8.94. The molecule has 0 aliphatic heterocycles. The number of nitrogens with one attached hydrogen (secondary N) is 1. The maximum atomic E-state index is 9.12. The molecular weight excluding hydrogens is 190 g/mol. The lowest BCUT2D eigenvalue weighted by atomic mass is 10.1. The van der Waals surface area contributed by atoms with Gasteiger partial charge in [0.05, 0.1) is 24.5 Å². The SMILES string of the molecule is CC(C)[C@@H](CO)Nc1ccc(C#N)nc1. The number of aromatic nitrogens is 1. The molecule has 15 heavy (non-hydrogen) atoms. The first-order valence-electron chi connectivity index (χ1n) is 4.91. The molecule has 0 aliphatic carbocycles. The van der Waals surface area contributed by atoms with Crippen LogP contribution in [0.1, 0.15) is 19.5 Å². The number of nitriles is 1. The summed E-state index contributed by atoms with van der Waals surface area (Å²) in [6.45, 7) is 4.15. The molecule has 1 aromatic heterocycles. The third-order valence-corrected chi connectivity index (χ3v) is 2.23. The van der Waals surface area contributed by atoms with Crippen molar-refractivity contribution in [2.24, 2.45) is 5.92 Å². The van der Waals surface area contributed by atoms with Crippen molar-refractivity contribution in [3.8, 4) is 6.07 Å². The molecule has 0 fully saturated rings. The molecule has 0 saturated heterocycles. The van der Waals surface area contributed by atoms with E-state index in [-0.39, 0.29) is 12.6 Å². The Bertz CT molecular complexity index is 340. The first-order valence-corrected chi connectivity index (χ1v) is 4.91. The summed E-state index contributed by atoms with van der Waals surface area (Å²) in [6, 6.07) is 5.41. The smallest absolute Gasteiger partial charge is 0.140 e. The molecule has 0 saturated carbocycles. The molecule has 0 bridgehead atoms. The molecule has 2 N–H and O–H groups in total. The fourth-order valence-corrected chi connectivity index (χ4v) is 1.18.